The van der Waals surface area contributed by atoms with Crippen molar-refractivity contribution >= 4 is 0 Å². The predicted octanol–water partition coefficient (Wildman–Crippen LogP) is 3.87. The highest BCUT2D eigenvalue weighted by atomic mass is 16.5. The Kier molecular flexibility index (Phi) is 7.74. The highest BCUT2D eigenvalue weighted by molar-refractivity contribution is 5.56. The third-order valence-corrected chi connectivity index (χ3v) is 7.83. The monoisotopic (exact) mass is 538 g/mol. The molecule has 0 radical (unpaired) electrons. The summed E-state index contributed by atoms with van der Waals surface area (Å²) >= 11 is 0. The molecule has 208 valence electrons. The van der Waals surface area contributed by atoms with Crippen LogP contribution in [0, 0.1) is 11.8 Å². The Morgan fingerprint density at radius 3 is 2.10 bits per heavy atom. The van der Waals surface area contributed by atoms with Gasteiger partial charge in [0.25, 0.3) is 0 Å². The third kappa shape index (κ3) is 4.93. The van der Waals surface area contributed by atoms with Crippen molar-refractivity contribution in [2.45, 2.75) is 24.5 Å². The molecule has 3 unspecified atom stereocenters. The van der Waals surface area contributed by atoms with Crippen molar-refractivity contribution in [3.8, 4) is 34.5 Å². The Balaban J connectivity index is 1.44. The molecule has 1 fully saturated rings. The van der Waals surface area contributed by atoms with E-state index in [2.05, 4.69) is 0 Å². The summed E-state index contributed by atoms with van der Waals surface area (Å²) in [7, 11) is 4.55. The third-order valence-electron chi connectivity index (χ3n) is 7.83. The van der Waals surface area contributed by atoms with Crippen LogP contribution >= 0.6 is 0 Å². The van der Waals surface area contributed by atoms with Crippen molar-refractivity contribution in [2.24, 2.45) is 11.8 Å². The molecule has 4 N–H and O–H groups in total. The number of aromatic hydroxyl groups is 2. The Morgan fingerprint density at radius 1 is 0.769 bits per heavy atom. The minimum Gasteiger partial charge on any atom is -0.504 e. The van der Waals surface area contributed by atoms with Crippen LogP contribution in [0.25, 0.3) is 0 Å². The lowest BCUT2D eigenvalue weighted by Crippen LogP contribution is -2.21. The Hall–Kier alpha value is -3.66. The molecule has 9 heteroatoms. The summed E-state index contributed by atoms with van der Waals surface area (Å²) in [6.45, 7) is 0.210. The van der Waals surface area contributed by atoms with Gasteiger partial charge in [-0.3, -0.25) is 0 Å². The first-order chi connectivity index (χ1) is 18.9. The first kappa shape index (κ1) is 26.9. The van der Waals surface area contributed by atoms with Gasteiger partial charge < -0.3 is 44.1 Å². The van der Waals surface area contributed by atoms with Gasteiger partial charge in [0.15, 0.2) is 34.5 Å². The molecule has 3 aromatic rings. The van der Waals surface area contributed by atoms with Crippen LogP contribution in [0.3, 0.4) is 0 Å². The number of phenolic OH excluding ortho intramolecular Hbond substituents is 2. The lowest BCUT2D eigenvalue weighted by Gasteiger charge is -2.23. The number of aliphatic hydroxyl groups is 2. The van der Waals surface area contributed by atoms with E-state index in [1.165, 1.54) is 14.2 Å². The van der Waals surface area contributed by atoms with Gasteiger partial charge in [0.05, 0.1) is 46.6 Å². The van der Waals surface area contributed by atoms with Crippen LogP contribution in [0.1, 0.15) is 40.4 Å². The summed E-state index contributed by atoms with van der Waals surface area (Å²) in [5.41, 5.74) is 3.35. The first-order valence-corrected chi connectivity index (χ1v) is 12.9. The van der Waals surface area contributed by atoms with Crippen LogP contribution in [0.5, 0.6) is 34.5 Å². The maximum Gasteiger partial charge on any atom is 0.165 e. The second kappa shape index (κ2) is 11.2. The number of methoxy groups -OCH3 is 3. The molecular formula is C30H34O9. The molecule has 0 aromatic heterocycles. The van der Waals surface area contributed by atoms with Gasteiger partial charge in [-0.2, -0.15) is 0 Å². The smallest absolute Gasteiger partial charge is 0.165 e. The zero-order chi connectivity index (χ0) is 27.7. The molecule has 39 heavy (non-hydrogen) atoms. The molecule has 2 heterocycles. The Bertz CT molecular complexity index is 1320. The van der Waals surface area contributed by atoms with E-state index in [-0.39, 0.29) is 42.7 Å². The second-order valence-electron chi connectivity index (χ2n) is 9.97. The van der Waals surface area contributed by atoms with Crippen LogP contribution in [-0.4, -0.2) is 61.6 Å². The molecule has 0 amide bonds. The van der Waals surface area contributed by atoms with E-state index in [9.17, 15) is 20.4 Å². The van der Waals surface area contributed by atoms with E-state index >= 15 is 0 Å². The van der Waals surface area contributed by atoms with Gasteiger partial charge in [-0.05, 0) is 65.4 Å². The normalized spacial score (nSPS) is 23.8. The van der Waals surface area contributed by atoms with Crippen LogP contribution < -0.4 is 18.9 Å². The highest BCUT2D eigenvalue weighted by Gasteiger charge is 2.42. The summed E-state index contributed by atoms with van der Waals surface area (Å²) in [5.74, 6) is 1.35. The fourth-order valence-corrected chi connectivity index (χ4v) is 5.77. The minimum absolute atomic E-state index is 0.0194. The molecule has 0 aliphatic carbocycles. The quantitative estimate of drug-likeness (QED) is 0.321. The van der Waals surface area contributed by atoms with E-state index in [1.54, 1.807) is 37.4 Å². The number of ether oxygens (including phenoxy) is 5. The molecule has 3 aromatic carbocycles. The van der Waals surface area contributed by atoms with Gasteiger partial charge in [0.2, 0.25) is 0 Å². The molecule has 1 saturated heterocycles. The molecule has 0 saturated carbocycles. The van der Waals surface area contributed by atoms with Crippen molar-refractivity contribution in [3.63, 3.8) is 0 Å². The van der Waals surface area contributed by atoms with E-state index in [0.717, 1.165) is 22.3 Å². The summed E-state index contributed by atoms with van der Waals surface area (Å²) in [6.07, 6.45) is -0.252. The maximum absolute atomic E-state index is 10.4. The number of aliphatic hydroxyl groups excluding tert-OH is 2. The van der Waals surface area contributed by atoms with Gasteiger partial charge in [-0.25, -0.2) is 0 Å². The number of rotatable bonds is 9. The predicted molar refractivity (Wildman–Crippen MR) is 142 cm³/mol. The molecule has 0 spiro atoms. The number of hydrogen-bond donors (Lipinski definition) is 4. The van der Waals surface area contributed by atoms with Crippen molar-refractivity contribution in [2.75, 3.05) is 41.2 Å². The fourth-order valence-electron chi connectivity index (χ4n) is 5.77. The molecule has 2 aliphatic rings. The molecule has 9 nitrogen and oxygen atoms in total. The Labute approximate surface area is 227 Å². The largest absolute Gasteiger partial charge is 0.504 e. The van der Waals surface area contributed by atoms with Gasteiger partial charge in [-0.15, -0.1) is 0 Å². The average Bonchev–Trinajstić information content (AvgIpc) is 3.54. The minimum atomic E-state index is -0.515. The van der Waals surface area contributed by atoms with E-state index < -0.39 is 12.0 Å². The number of fused-ring (bicyclic) bond motifs is 1. The van der Waals surface area contributed by atoms with Crippen LogP contribution in [0.4, 0.5) is 0 Å². The standard InChI is InChI=1S/C30H34O9/c1-35-25-9-16(4-6-23(25)33)8-19-15-38-28(21(19)13-31)18-10-20-22(14-32)29(39-30(20)27(12-18)37-3)17-5-7-24(34)26(11-17)36-2/h4-7,9-12,19,21-22,28-29,31-34H,8,13-15H2,1-3H3/t19?,21?,22-,28?,29+/m0/s1. The van der Waals surface area contributed by atoms with Gasteiger partial charge >= 0.3 is 0 Å². The van der Waals surface area contributed by atoms with Crippen molar-refractivity contribution in [3.05, 3.63) is 70.8 Å². The lowest BCUT2D eigenvalue weighted by atomic mass is 9.83. The van der Waals surface area contributed by atoms with Gasteiger partial charge in [0.1, 0.15) is 6.10 Å². The van der Waals surface area contributed by atoms with Crippen molar-refractivity contribution in [1.29, 1.82) is 0 Å². The topological polar surface area (TPSA) is 127 Å². The summed E-state index contributed by atoms with van der Waals surface area (Å²) in [6, 6.07) is 14.1. The highest BCUT2D eigenvalue weighted by Crippen LogP contribution is 2.53. The van der Waals surface area contributed by atoms with Gasteiger partial charge in [-0.1, -0.05) is 12.1 Å². The van der Waals surface area contributed by atoms with Crippen LogP contribution in [-0.2, 0) is 11.2 Å². The average molecular weight is 539 g/mol. The van der Waals surface area contributed by atoms with Gasteiger partial charge in [0, 0.05) is 18.1 Å². The molecule has 5 rings (SSSR count). The number of phenols is 2. The summed E-state index contributed by atoms with van der Waals surface area (Å²) < 4.78 is 28.8. The SMILES string of the molecule is COc1cc(CC2COC(c3cc(OC)c4c(c3)[C@H](CO)[C@@H](c3ccc(O)c(OC)c3)O4)C2CO)ccc1O. The summed E-state index contributed by atoms with van der Waals surface area (Å²) in [4.78, 5) is 0. The fraction of sp³-hybridized carbons (Fsp3) is 0.400. The summed E-state index contributed by atoms with van der Waals surface area (Å²) in [5, 5.41) is 40.8. The van der Waals surface area contributed by atoms with E-state index in [4.69, 9.17) is 23.7 Å². The van der Waals surface area contributed by atoms with Crippen LogP contribution in [0.15, 0.2) is 48.5 Å². The zero-order valence-corrected chi connectivity index (χ0v) is 22.2. The number of benzene rings is 3. The van der Waals surface area contributed by atoms with E-state index in [1.807, 2.05) is 18.2 Å². The van der Waals surface area contributed by atoms with E-state index in [0.29, 0.717) is 36.0 Å². The van der Waals surface area contributed by atoms with Crippen LogP contribution in [0.2, 0.25) is 0 Å². The Morgan fingerprint density at radius 2 is 1.44 bits per heavy atom. The molecule has 5 atom stereocenters. The number of hydrogen-bond acceptors (Lipinski definition) is 9. The zero-order valence-electron chi connectivity index (χ0n) is 22.2. The maximum atomic E-state index is 10.4. The van der Waals surface area contributed by atoms with Crippen molar-refractivity contribution in [1.82, 2.24) is 0 Å². The molecule has 0 bridgehead atoms. The second-order valence-corrected chi connectivity index (χ2v) is 9.97. The molecule has 2 aliphatic heterocycles. The lowest BCUT2D eigenvalue weighted by molar-refractivity contribution is 0.0716. The first-order valence-electron chi connectivity index (χ1n) is 12.9. The van der Waals surface area contributed by atoms with Crippen molar-refractivity contribution < 1.29 is 44.1 Å². The molecular weight excluding hydrogens is 504 g/mol.